The van der Waals surface area contributed by atoms with E-state index in [4.69, 9.17) is 15.2 Å². The van der Waals surface area contributed by atoms with Gasteiger partial charge in [0.2, 0.25) is 0 Å². The first kappa shape index (κ1) is 17.3. The summed E-state index contributed by atoms with van der Waals surface area (Å²) in [4.78, 5) is 0. The van der Waals surface area contributed by atoms with Crippen molar-refractivity contribution < 1.29 is 24.8 Å². The fourth-order valence-electron chi connectivity index (χ4n) is 2.48. The summed E-state index contributed by atoms with van der Waals surface area (Å²) in [6, 6.07) is 8.06. The minimum absolute atomic E-state index is 0.281. The monoisotopic (exact) mass is 312 g/mol. The van der Waals surface area contributed by atoms with Crippen molar-refractivity contribution in [2.45, 2.75) is 50.3 Å². The molecule has 0 saturated carbocycles. The van der Waals surface area contributed by atoms with Gasteiger partial charge >= 0.3 is 0 Å². The predicted molar refractivity (Wildman–Crippen MR) is 79.6 cm³/mol. The lowest BCUT2D eigenvalue weighted by Crippen LogP contribution is -2.67. The minimum Gasteiger partial charge on any atom is -0.394 e. The number of hydrogen-bond acceptors (Lipinski definition) is 7. The zero-order chi connectivity index (χ0) is 16.1. The van der Waals surface area contributed by atoms with Gasteiger partial charge in [-0.25, -0.2) is 0 Å². The molecule has 1 heterocycles. The first-order chi connectivity index (χ1) is 10.5. The maximum absolute atomic E-state index is 10.3. The third-order valence-corrected chi connectivity index (χ3v) is 3.66. The summed E-state index contributed by atoms with van der Waals surface area (Å²) in [7, 11) is 0. The highest BCUT2D eigenvalue weighted by atomic mass is 16.7. The Morgan fingerprint density at radius 2 is 2.05 bits per heavy atom. The summed E-state index contributed by atoms with van der Waals surface area (Å²) in [5.74, 6) is 0. The van der Waals surface area contributed by atoms with Crippen molar-refractivity contribution in [3.05, 3.63) is 35.9 Å². The number of hydrogen-bond donors (Lipinski definition) is 5. The molecule has 1 aliphatic heterocycles. The van der Waals surface area contributed by atoms with Gasteiger partial charge in [-0.15, -0.1) is 0 Å². The first-order valence-corrected chi connectivity index (χ1v) is 7.32. The van der Waals surface area contributed by atoms with Crippen molar-refractivity contribution in [1.29, 1.82) is 0 Å². The molecule has 1 fully saturated rings. The van der Waals surface area contributed by atoms with Crippen LogP contribution in [0.4, 0.5) is 0 Å². The second kappa shape index (κ2) is 7.98. The maximum Gasteiger partial charge on any atom is 0.176 e. The van der Waals surface area contributed by atoms with Crippen LogP contribution >= 0.6 is 0 Å². The molecule has 22 heavy (non-hydrogen) atoms. The standard InChI is InChI=1S/C15H24N2O5/c1-9(19)17-13-14(20)12(16)11(7-18)22-15(13)21-8-10-5-3-2-4-6-10/h2-6,9,11-15,17-20H,7-8,16H2,1H3. The lowest BCUT2D eigenvalue weighted by atomic mass is 9.95. The Hall–Kier alpha value is -1.06. The zero-order valence-electron chi connectivity index (χ0n) is 12.5. The molecule has 0 amide bonds. The summed E-state index contributed by atoms with van der Waals surface area (Å²) in [5, 5.41) is 31.9. The molecule has 1 aromatic carbocycles. The van der Waals surface area contributed by atoms with Crippen molar-refractivity contribution in [3.63, 3.8) is 0 Å². The second-order valence-electron chi connectivity index (χ2n) is 5.46. The Morgan fingerprint density at radius 3 is 2.64 bits per heavy atom. The Bertz CT molecular complexity index is 445. The number of aliphatic hydroxyl groups is 3. The molecule has 6 atom stereocenters. The van der Waals surface area contributed by atoms with Crippen LogP contribution in [-0.4, -0.2) is 58.7 Å². The molecule has 7 heteroatoms. The number of benzene rings is 1. The van der Waals surface area contributed by atoms with E-state index in [0.29, 0.717) is 0 Å². The highest BCUT2D eigenvalue weighted by Gasteiger charge is 2.44. The molecule has 0 spiro atoms. The highest BCUT2D eigenvalue weighted by Crippen LogP contribution is 2.22. The van der Waals surface area contributed by atoms with Crippen molar-refractivity contribution in [2.24, 2.45) is 5.73 Å². The van der Waals surface area contributed by atoms with E-state index in [1.807, 2.05) is 30.3 Å². The maximum atomic E-state index is 10.3. The van der Waals surface area contributed by atoms with Gasteiger partial charge in [0.15, 0.2) is 6.29 Å². The average Bonchev–Trinajstić information content (AvgIpc) is 2.52. The van der Waals surface area contributed by atoms with Gasteiger partial charge in [-0.2, -0.15) is 0 Å². The smallest absolute Gasteiger partial charge is 0.176 e. The number of nitrogens with two attached hydrogens (primary N) is 1. The van der Waals surface area contributed by atoms with Gasteiger partial charge in [0.25, 0.3) is 0 Å². The van der Waals surface area contributed by atoms with E-state index in [1.54, 1.807) is 0 Å². The van der Waals surface area contributed by atoms with E-state index in [0.717, 1.165) is 5.56 Å². The van der Waals surface area contributed by atoms with Crippen molar-refractivity contribution in [1.82, 2.24) is 5.32 Å². The fourth-order valence-corrected chi connectivity index (χ4v) is 2.48. The third-order valence-electron chi connectivity index (χ3n) is 3.66. The van der Waals surface area contributed by atoms with Gasteiger partial charge in [-0.05, 0) is 12.5 Å². The molecule has 2 rings (SSSR count). The van der Waals surface area contributed by atoms with Crippen LogP contribution in [0.2, 0.25) is 0 Å². The van der Waals surface area contributed by atoms with Gasteiger partial charge in [-0.3, -0.25) is 5.32 Å². The molecule has 1 saturated heterocycles. The zero-order valence-corrected chi connectivity index (χ0v) is 12.5. The summed E-state index contributed by atoms with van der Waals surface area (Å²) < 4.78 is 11.3. The molecular formula is C15H24N2O5. The van der Waals surface area contributed by atoms with E-state index in [2.05, 4.69) is 5.32 Å². The number of aliphatic hydroxyl groups excluding tert-OH is 3. The summed E-state index contributed by atoms with van der Waals surface area (Å²) in [6.07, 6.45) is -3.42. The van der Waals surface area contributed by atoms with Crippen molar-refractivity contribution >= 4 is 0 Å². The molecule has 6 unspecified atom stereocenters. The van der Waals surface area contributed by atoms with Gasteiger partial charge in [0.05, 0.1) is 31.4 Å². The van der Waals surface area contributed by atoms with Crippen LogP contribution in [0.15, 0.2) is 30.3 Å². The fraction of sp³-hybridized carbons (Fsp3) is 0.600. The minimum atomic E-state index is -1.01. The quantitative estimate of drug-likeness (QED) is 0.423. The second-order valence-corrected chi connectivity index (χ2v) is 5.46. The van der Waals surface area contributed by atoms with Gasteiger partial charge in [-0.1, -0.05) is 30.3 Å². The Morgan fingerprint density at radius 1 is 1.36 bits per heavy atom. The van der Waals surface area contributed by atoms with Crippen LogP contribution in [0.3, 0.4) is 0 Å². The SMILES string of the molecule is CC(O)NC1C(OCc2ccccc2)OC(CO)C(N)C1O. The van der Waals surface area contributed by atoms with Gasteiger partial charge in [0.1, 0.15) is 12.3 Å². The number of ether oxygens (including phenoxy) is 2. The van der Waals surface area contributed by atoms with E-state index >= 15 is 0 Å². The normalized spacial score (nSPS) is 33.6. The Balaban J connectivity index is 2.06. The number of nitrogens with one attached hydrogen (secondary N) is 1. The van der Waals surface area contributed by atoms with Gasteiger partial charge < -0.3 is 30.5 Å². The molecule has 1 aliphatic rings. The molecule has 1 aromatic rings. The topological polar surface area (TPSA) is 117 Å². The van der Waals surface area contributed by atoms with Crippen molar-refractivity contribution in [2.75, 3.05) is 6.61 Å². The first-order valence-electron chi connectivity index (χ1n) is 7.32. The lowest BCUT2D eigenvalue weighted by Gasteiger charge is -2.43. The van der Waals surface area contributed by atoms with Crippen LogP contribution in [0.1, 0.15) is 12.5 Å². The van der Waals surface area contributed by atoms with Gasteiger partial charge in [0, 0.05) is 0 Å². The Labute approximate surface area is 129 Å². The van der Waals surface area contributed by atoms with E-state index in [-0.39, 0.29) is 13.2 Å². The molecule has 7 nitrogen and oxygen atoms in total. The molecule has 0 radical (unpaired) electrons. The summed E-state index contributed by atoms with van der Waals surface area (Å²) in [5.41, 5.74) is 6.81. The van der Waals surface area contributed by atoms with E-state index in [1.165, 1.54) is 6.92 Å². The Kier molecular flexibility index (Phi) is 6.27. The largest absolute Gasteiger partial charge is 0.394 e. The highest BCUT2D eigenvalue weighted by molar-refractivity contribution is 5.13. The summed E-state index contributed by atoms with van der Waals surface area (Å²) >= 11 is 0. The lowest BCUT2D eigenvalue weighted by molar-refractivity contribution is -0.251. The molecule has 0 bridgehead atoms. The van der Waals surface area contributed by atoms with E-state index < -0.39 is 36.8 Å². The third kappa shape index (κ3) is 4.23. The molecule has 0 aromatic heterocycles. The molecular weight excluding hydrogens is 288 g/mol. The van der Waals surface area contributed by atoms with Crippen molar-refractivity contribution in [3.8, 4) is 0 Å². The van der Waals surface area contributed by atoms with Crippen LogP contribution in [0.25, 0.3) is 0 Å². The van der Waals surface area contributed by atoms with E-state index in [9.17, 15) is 15.3 Å². The van der Waals surface area contributed by atoms with Crippen LogP contribution < -0.4 is 11.1 Å². The average molecular weight is 312 g/mol. The van der Waals surface area contributed by atoms with Crippen LogP contribution in [0, 0.1) is 0 Å². The van der Waals surface area contributed by atoms with Crippen LogP contribution in [-0.2, 0) is 16.1 Å². The predicted octanol–water partition coefficient (Wildman–Crippen LogP) is -1.09. The molecule has 6 N–H and O–H groups in total. The van der Waals surface area contributed by atoms with Crippen LogP contribution in [0.5, 0.6) is 0 Å². The molecule has 0 aliphatic carbocycles. The number of rotatable bonds is 6. The summed E-state index contributed by atoms with van der Waals surface area (Å²) in [6.45, 7) is 1.50. The molecule has 124 valence electrons.